The summed E-state index contributed by atoms with van der Waals surface area (Å²) in [6.45, 7) is 6.21. The van der Waals surface area contributed by atoms with Gasteiger partial charge in [-0.2, -0.15) is 4.68 Å². The molecule has 1 saturated heterocycles. The van der Waals surface area contributed by atoms with Crippen molar-refractivity contribution in [1.29, 1.82) is 0 Å². The summed E-state index contributed by atoms with van der Waals surface area (Å²) in [6.07, 6.45) is 0. The molecule has 0 aliphatic carbocycles. The molecule has 0 bridgehead atoms. The van der Waals surface area contributed by atoms with Crippen LogP contribution in [0.3, 0.4) is 0 Å². The van der Waals surface area contributed by atoms with Crippen molar-refractivity contribution < 1.29 is 4.79 Å². The molecular weight excluding hydrogens is 398 g/mol. The van der Waals surface area contributed by atoms with Crippen molar-refractivity contribution in [3.63, 3.8) is 0 Å². The number of carbonyl (C=O) groups is 1. The first-order chi connectivity index (χ1) is 14.6. The Morgan fingerprint density at radius 1 is 1.00 bits per heavy atom. The molecule has 1 fully saturated rings. The number of benzene rings is 2. The van der Waals surface area contributed by atoms with Crippen LogP contribution < -0.4 is 10.2 Å². The molecule has 4 rings (SSSR count). The highest BCUT2D eigenvalue weighted by molar-refractivity contribution is 7.99. The van der Waals surface area contributed by atoms with Gasteiger partial charge in [-0.3, -0.25) is 4.79 Å². The molecule has 1 amide bonds. The lowest BCUT2D eigenvalue weighted by molar-refractivity contribution is -0.113. The summed E-state index contributed by atoms with van der Waals surface area (Å²) >= 11 is 1.31. The Labute approximate surface area is 180 Å². The Bertz CT molecular complexity index is 979. The Morgan fingerprint density at radius 3 is 2.37 bits per heavy atom. The van der Waals surface area contributed by atoms with Crippen LogP contribution in [0.2, 0.25) is 0 Å². The molecule has 0 unspecified atom stereocenters. The van der Waals surface area contributed by atoms with Gasteiger partial charge in [0, 0.05) is 37.6 Å². The fourth-order valence-electron chi connectivity index (χ4n) is 3.26. The van der Waals surface area contributed by atoms with E-state index in [0.29, 0.717) is 5.16 Å². The maximum atomic E-state index is 12.4. The highest BCUT2D eigenvalue weighted by Crippen LogP contribution is 2.21. The molecule has 30 heavy (non-hydrogen) atoms. The summed E-state index contributed by atoms with van der Waals surface area (Å²) in [6, 6.07) is 15.9. The van der Waals surface area contributed by atoms with Gasteiger partial charge in [-0.1, -0.05) is 29.5 Å². The molecule has 2 heterocycles. The van der Waals surface area contributed by atoms with E-state index in [4.69, 9.17) is 0 Å². The number of thioether (sulfide) groups is 1. The summed E-state index contributed by atoms with van der Waals surface area (Å²) in [7, 11) is 2.15. The Kier molecular flexibility index (Phi) is 6.29. The summed E-state index contributed by atoms with van der Waals surface area (Å²) in [5.41, 5.74) is 4.01. The van der Waals surface area contributed by atoms with E-state index in [1.165, 1.54) is 23.0 Å². The lowest BCUT2D eigenvalue weighted by Gasteiger charge is -2.34. The molecule has 0 saturated carbocycles. The molecule has 3 aromatic rings. The van der Waals surface area contributed by atoms with E-state index in [1.807, 2.05) is 43.3 Å². The Morgan fingerprint density at radius 2 is 1.67 bits per heavy atom. The van der Waals surface area contributed by atoms with Crippen LogP contribution in [0.5, 0.6) is 0 Å². The summed E-state index contributed by atoms with van der Waals surface area (Å²) in [5.74, 6) is 0.137. The van der Waals surface area contributed by atoms with Crippen molar-refractivity contribution >= 4 is 29.0 Å². The first-order valence-electron chi connectivity index (χ1n) is 9.90. The maximum Gasteiger partial charge on any atom is 0.234 e. The largest absolute Gasteiger partial charge is 0.369 e. The van der Waals surface area contributed by atoms with Crippen LogP contribution in [-0.4, -0.2) is 70.0 Å². The molecule has 9 heteroatoms. The number of hydrogen-bond donors (Lipinski definition) is 1. The number of nitrogens with one attached hydrogen (secondary N) is 1. The molecule has 0 radical (unpaired) electrons. The van der Waals surface area contributed by atoms with E-state index in [-0.39, 0.29) is 11.7 Å². The van der Waals surface area contributed by atoms with Crippen LogP contribution in [-0.2, 0) is 4.79 Å². The summed E-state index contributed by atoms with van der Waals surface area (Å²) in [4.78, 5) is 17.1. The highest BCUT2D eigenvalue weighted by atomic mass is 32.2. The highest BCUT2D eigenvalue weighted by Gasteiger charge is 2.15. The van der Waals surface area contributed by atoms with E-state index in [1.54, 1.807) is 4.68 Å². The average Bonchev–Trinajstić information content (AvgIpc) is 3.23. The zero-order valence-electron chi connectivity index (χ0n) is 17.2. The number of anilines is 2. The number of nitrogens with zero attached hydrogens (tertiary/aromatic N) is 6. The summed E-state index contributed by atoms with van der Waals surface area (Å²) in [5, 5.41) is 15.3. The lowest BCUT2D eigenvalue weighted by Crippen LogP contribution is -2.44. The number of piperazine rings is 1. The topological polar surface area (TPSA) is 79.2 Å². The Balaban J connectivity index is 1.31. The van der Waals surface area contributed by atoms with Gasteiger partial charge in [-0.25, -0.2) is 0 Å². The zero-order valence-corrected chi connectivity index (χ0v) is 18.0. The number of carbonyl (C=O) groups excluding carboxylic acids is 1. The maximum absolute atomic E-state index is 12.4. The first-order valence-corrected chi connectivity index (χ1v) is 10.9. The monoisotopic (exact) mass is 423 g/mol. The van der Waals surface area contributed by atoms with Gasteiger partial charge < -0.3 is 15.1 Å². The zero-order chi connectivity index (χ0) is 20.9. The molecule has 1 aromatic heterocycles. The predicted molar refractivity (Wildman–Crippen MR) is 119 cm³/mol. The number of likely N-dealkylation sites (N-methyl/N-ethyl adjacent to an activating group) is 1. The smallest absolute Gasteiger partial charge is 0.234 e. The van der Waals surface area contributed by atoms with Crippen LogP contribution >= 0.6 is 11.8 Å². The minimum Gasteiger partial charge on any atom is -0.369 e. The van der Waals surface area contributed by atoms with E-state index < -0.39 is 0 Å². The second-order valence-corrected chi connectivity index (χ2v) is 8.33. The van der Waals surface area contributed by atoms with Crippen molar-refractivity contribution in [2.75, 3.05) is 49.2 Å². The van der Waals surface area contributed by atoms with Gasteiger partial charge in [0.15, 0.2) is 0 Å². The number of hydrogen-bond acceptors (Lipinski definition) is 7. The lowest BCUT2D eigenvalue weighted by atomic mass is 10.2. The molecule has 8 nitrogen and oxygen atoms in total. The van der Waals surface area contributed by atoms with Crippen LogP contribution in [0.4, 0.5) is 11.4 Å². The predicted octanol–water partition coefficient (Wildman–Crippen LogP) is 2.45. The van der Waals surface area contributed by atoms with E-state index in [0.717, 1.165) is 37.6 Å². The molecular formula is C21H25N7OS. The standard InChI is InChI=1S/C21H25N7OS/c1-16-3-7-19(8-4-16)28-21(23-24-25-28)30-15-20(29)22-17-5-9-18(10-6-17)27-13-11-26(2)12-14-27/h3-10H,11-15H2,1-2H3,(H,22,29). The van der Waals surface area contributed by atoms with Gasteiger partial charge in [0.1, 0.15) is 0 Å². The van der Waals surface area contributed by atoms with Crippen LogP contribution in [0.1, 0.15) is 5.56 Å². The molecule has 2 aromatic carbocycles. The van der Waals surface area contributed by atoms with Crippen molar-refractivity contribution in [2.24, 2.45) is 0 Å². The van der Waals surface area contributed by atoms with Gasteiger partial charge in [0.2, 0.25) is 11.1 Å². The fraction of sp³-hybridized carbons (Fsp3) is 0.333. The van der Waals surface area contributed by atoms with Gasteiger partial charge in [-0.15, -0.1) is 5.10 Å². The minimum atomic E-state index is -0.0918. The number of aryl methyl sites for hydroxylation is 1. The SMILES string of the molecule is Cc1ccc(-n2nnnc2SCC(=O)Nc2ccc(N3CCN(C)CC3)cc2)cc1. The van der Waals surface area contributed by atoms with Crippen molar-refractivity contribution in [3.8, 4) is 5.69 Å². The van der Waals surface area contributed by atoms with Gasteiger partial charge in [0.05, 0.1) is 11.4 Å². The second kappa shape index (κ2) is 9.27. The normalized spacial score (nSPS) is 14.7. The van der Waals surface area contributed by atoms with E-state index in [9.17, 15) is 4.79 Å². The first kappa shape index (κ1) is 20.4. The number of tetrazole rings is 1. The molecule has 1 aliphatic rings. The van der Waals surface area contributed by atoms with Gasteiger partial charge >= 0.3 is 0 Å². The number of amides is 1. The molecule has 1 aliphatic heterocycles. The minimum absolute atomic E-state index is 0.0918. The molecule has 156 valence electrons. The van der Waals surface area contributed by atoms with E-state index in [2.05, 4.69) is 49.8 Å². The van der Waals surface area contributed by atoms with Crippen LogP contribution in [0, 0.1) is 6.92 Å². The summed E-state index contributed by atoms with van der Waals surface area (Å²) < 4.78 is 1.64. The van der Waals surface area contributed by atoms with E-state index >= 15 is 0 Å². The van der Waals surface area contributed by atoms with Gasteiger partial charge in [-0.05, 0) is 60.8 Å². The van der Waals surface area contributed by atoms with Crippen molar-refractivity contribution in [2.45, 2.75) is 12.1 Å². The van der Waals surface area contributed by atoms with Crippen LogP contribution in [0.25, 0.3) is 5.69 Å². The average molecular weight is 424 g/mol. The third-order valence-corrected chi connectivity index (χ3v) is 5.99. The molecule has 1 N–H and O–H groups in total. The van der Waals surface area contributed by atoms with Gasteiger partial charge in [0.25, 0.3) is 0 Å². The Hall–Kier alpha value is -2.91. The molecule has 0 spiro atoms. The quantitative estimate of drug-likeness (QED) is 0.610. The third kappa shape index (κ3) is 4.98. The molecule has 0 atom stereocenters. The number of rotatable bonds is 6. The van der Waals surface area contributed by atoms with Crippen molar-refractivity contribution in [3.05, 3.63) is 54.1 Å². The van der Waals surface area contributed by atoms with Crippen LogP contribution in [0.15, 0.2) is 53.7 Å². The number of aromatic nitrogens is 4. The second-order valence-electron chi connectivity index (χ2n) is 7.38. The fourth-order valence-corrected chi connectivity index (χ4v) is 3.96. The van der Waals surface area contributed by atoms with Crippen molar-refractivity contribution in [1.82, 2.24) is 25.1 Å². The third-order valence-electron chi connectivity index (χ3n) is 5.07.